The third-order valence-electron chi connectivity index (χ3n) is 2.79. The van der Waals surface area contributed by atoms with E-state index < -0.39 is 28.1 Å². The highest BCUT2D eigenvalue weighted by molar-refractivity contribution is 9.10. The quantitative estimate of drug-likeness (QED) is 0.638. The van der Waals surface area contributed by atoms with Crippen LogP contribution in [0.3, 0.4) is 0 Å². The van der Waals surface area contributed by atoms with Crippen LogP contribution in [-0.4, -0.2) is 21.9 Å². The Labute approximate surface area is 132 Å². The van der Waals surface area contributed by atoms with E-state index in [9.17, 15) is 19.7 Å². The average molecular weight is 365 g/mol. The number of nitro benzene ring substituents is 1. The highest BCUT2D eigenvalue weighted by Crippen LogP contribution is 2.20. The van der Waals surface area contributed by atoms with Gasteiger partial charge in [0.05, 0.1) is 16.1 Å². The van der Waals surface area contributed by atoms with Crippen LogP contribution in [0, 0.1) is 10.1 Å². The Morgan fingerprint density at radius 3 is 2.27 bits per heavy atom. The molecule has 1 amide bonds. The molecule has 2 rings (SSSR count). The molecule has 8 heteroatoms. The SMILES string of the molecule is O=C(O)c1cc([N+](=O)[O-])ccc1C(=O)Nc1ccc(Br)cc1. The summed E-state index contributed by atoms with van der Waals surface area (Å²) in [5, 5.41) is 22.3. The van der Waals surface area contributed by atoms with Crippen LogP contribution in [0.15, 0.2) is 46.9 Å². The minimum absolute atomic E-state index is 0.152. The number of halogens is 1. The number of anilines is 1. The van der Waals surface area contributed by atoms with Gasteiger partial charge in [-0.3, -0.25) is 14.9 Å². The Bertz CT molecular complexity index is 758. The lowest BCUT2D eigenvalue weighted by atomic mass is 10.1. The van der Waals surface area contributed by atoms with Gasteiger partial charge in [0.2, 0.25) is 0 Å². The van der Waals surface area contributed by atoms with Crippen molar-refractivity contribution in [1.29, 1.82) is 0 Å². The fourth-order valence-electron chi connectivity index (χ4n) is 1.75. The number of aromatic carboxylic acids is 1. The van der Waals surface area contributed by atoms with E-state index in [1.165, 1.54) is 0 Å². The second kappa shape index (κ2) is 6.35. The van der Waals surface area contributed by atoms with E-state index in [4.69, 9.17) is 5.11 Å². The molecule has 0 bridgehead atoms. The van der Waals surface area contributed by atoms with Gasteiger partial charge in [-0.05, 0) is 30.3 Å². The van der Waals surface area contributed by atoms with Crippen molar-refractivity contribution < 1.29 is 19.6 Å². The number of nitro groups is 1. The van der Waals surface area contributed by atoms with Gasteiger partial charge < -0.3 is 10.4 Å². The average Bonchev–Trinajstić information content (AvgIpc) is 2.48. The van der Waals surface area contributed by atoms with Gasteiger partial charge in [-0.25, -0.2) is 4.79 Å². The predicted molar refractivity (Wildman–Crippen MR) is 82.2 cm³/mol. The number of rotatable bonds is 4. The monoisotopic (exact) mass is 364 g/mol. The molecule has 0 spiro atoms. The molecule has 0 fully saturated rings. The van der Waals surface area contributed by atoms with E-state index in [-0.39, 0.29) is 5.56 Å². The number of hydrogen-bond donors (Lipinski definition) is 2. The summed E-state index contributed by atoms with van der Waals surface area (Å²) in [6.45, 7) is 0. The lowest BCUT2D eigenvalue weighted by Crippen LogP contribution is -2.16. The Morgan fingerprint density at radius 2 is 1.73 bits per heavy atom. The number of carboxylic acids is 1. The summed E-state index contributed by atoms with van der Waals surface area (Å²) in [6.07, 6.45) is 0. The molecular weight excluding hydrogens is 356 g/mol. The first kappa shape index (κ1) is 15.6. The maximum absolute atomic E-state index is 12.1. The van der Waals surface area contributed by atoms with Crippen molar-refractivity contribution in [3.05, 3.63) is 68.2 Å². The Kier molecular flexibility index (Phi) is 4.52. The van der Waals surface area contributed by atoms with Crippen molar-refractivity contribution in [1.82, 2.24) is 0 Å². The number of nitrogens with zero attached hydrogens (tertiary/aromatic N) is 1. The van der Waals surface area contributed by atoms with Crippen molar-refractivity contribution >= 4 is 39.2 Å². The normalized spacial score (nSPS) is 10.0. The number of non-ortho nitro benzene ring substituents is 1. The molecule has 0 aliphatic heterocycles. The van der Waals surface area contributed by atoms with Gasteiger partial charge in [-0.1, -0.05) is 15.9 Å². The highest BCUT2D eigenvalue weighted by atomic mass is 79.9. The Morgan fingerprint density at radius 1 is 1.09 bits per heavy atom. The zero-order chi connectivity index (χ0) is 16.3. The molecule has 0 aliphatic carbocycles. The number of amides is 1. The Balaban J connectivity index is 2.34. The van der Waals surface area contributed by atoms with Crippen LogP contribution >= 0.6 is 15.9 Å². The number of carboxylic acid groups (broad SMARTS) is 1. The predicted octanol–water partition coefficient (Wildman–Crippen LogP) is 3.31. The maximum Gasteiger partial charge on any atom is 0.336 e. The van der Waals surface area contributed by atoms with E-state index in [0.717, 1.165) is 22.7 Å². The fraction of sp³-hybridized carbons (Fsp3) is 0. The molecule has 2 N–H and O–H groups in total. The first-order valence-corrected chi connectivity index (χ1v) is 6.76. The molecule has 0 saturated heterocycles. The van der Waals surface area contributed by atoms with Crippen molar-refractivity contribution in [2.24, 2.45) is 0 Å². The van der Waals surface area contributed by atoms with Crippen LogP contribution in [-0.2, 0) is 0 Å². The summed E-state index contributed by atoms with van der Waals surface area (Å²) in [6, 6.07) is 9.76. The lowest BCUT2D eigenvalue weighted by Gasteiger charge is -2.08. The van der Waals surface area contributed by atoms with Gasteiger partial charge in [0, 0.05) is 22.3 Å². The van der Waals surface area contributed by atoms with Gasteiger partial charge in [-0.2, -0.15) is 0 Å². The molecule has 7 nitrogen and oxygen atoms in total. The zero-order valence-corrected chi connectivity index (χ0v) is 12.5. The zero-order valence-electron chi connectivity index (χ0n) is 10.9. The lowest BCUT2D eigenvalue weighted by molar-refractivity contribution is -0.384. The van der Waals surface area contributed by atoms with Crippen LogP contribution in [0.4, 0.5) is 11.4 Å². The molecule has 0 aliphatic rings. The van der Waals surface area contributed by atoms with Crippen molar-refractivity contribution in [3.63, 3.8) is 0 Å². The highest BCUT2D eigenvalue weighted by Gasteiger charge is 2.20. The summed E-state index contributed by atoms with van der Waals surface area (Å²) < 4.78 is 0.826. The van der Waals surface area contributed by atoms with Crippen molar-refractivity contribution in [3.8, 4) is 0 Å². The standard InChI is InChI=1S/C14H9BrN2O5/c15-8-1-3-9(4-2-8)16-13(18)11-6-5-10(17(21)22)7-12(11)14(19)20/h1-7H,(H,16,18)(H,19,20). The molecule has 112 valence electrons. The summed E-state index contributed by atoms with van der Waals surface area (Å²) in [7, 11) is 0. The van der Waals surface area contributed by atoms with Gasteiger partial charge >= 0.3 is 5.97 Å². The summed E-state index contributed by atoms with van der Waals surface area (Å²) in [5.74, 6) is -2.07. The van der Waals surface area contributed by atoms with E-state index in [1.807, 2.05) is 0 Å². The largest absolute Gasteiger partial charge is 0.478 e. The first-order valence-electron chi connectivity index (χ1n) is 5.97. The van der Waals surface area contributed by atoms with E-state index >= 15 is 0 Å². The number of nitrogens with one attached hydrogen (secondary N) is 1. The van der Waals surface area contributed by atoms with Crippen LogP contribution in [0.25, 0.3) is 0 Å². The van der Waals surface area contributed by atoms with Crippen LogP contribution < -0.4 is 5.32 Å². The number of benzene rings is 2. The van der Waals surface area contributed by atoms with E-state index in [2.05, 4.69) is 21.2 Å². The van der Waals surface area contributed by atoms with Gasteiger partial charge in [0.25, 0.3) is 11.6 Å². The summed E-state index contributed by atoms with van der Waals surface area (Å²) >= 11 is 3.25. The number of hydrogen-bond acceptors (Lipinski definition) is 4. The maximum atomic E-state index is 12.1. The number of carbonyl (C=O) groups excluding carboxylic acids is 1. The van der Waals surface area contributed by atoms with Crippen molar-refractivity contribution in [2.75, 3.05) is 5.32 Å². The molecule has 2 aromatic rings. The minimum Gasteiger partial charge on any atom is -0.478 e. The smallest absolute Gasteiger partial charge is 0.336 e. The molecule has 2 aromatic carbocycles. The van der Waals surface area contributed by atoms with Gasteiger partial charge in [0.15, 0.2) is 0 Å². The molecule has 0 aromatic heterocycles. The molecule has 0 unspecified atom stereocenters. The second-order valence-electron chi connectivity index (χ2n) is 4.25. The molecule has 0 radical (unpaired) electrons. The van der Waals surface area contributed by atoms with Crippen LogP contribution in [0.1, 0.15) is 20.7 Å². The van der Waals surface area contributed by atoms with E-state index in [1.54, 1.807) is 24.3 Å². The molecule has 22 heavy (non-hydrogen) atoms. The van der Waals surface area contributed by atoms with E-state index in [0.29, 0.717) is 5.69 Å². The second-order valence-corrected chi connectivity index (χ2v) is 5.17. The van der Waals surface area contributed by atoms with Gasteiger partial charge in [0.1, 0.15) is 0 Å². The third-order valence-corrected chi connectivity index (χ3v) is 3.32. The number of carbonyl (C=O) groups is 2. The molecule has 0 atom stereocenters. The molecular formula is C14H9BrN2O5. The fourth-order valence-corrected chi connectivity index (χ4v) is 2.02. The molecule has 0 heterocycles. The van der Waals surface area contributed by atoms with Crippen LogP contribution in [0.5, 0.6) is 0 Å². The third kappa shape index (κ3) is 3.47. The van der Waals surface area contributed by atoms with Gasteiger partial charge in [-0.15, -0.1) is 0 Å². The Hall–Kier alpha value is -2.74. The van der Waals surface area contributed by atoms with Crippen molar-refractivity contribution in [2.45, 2.75) is 0 Å². The van der Waals surface area contributed by atoms with Crippen LogP contribution in [0.2, 0.25) is 0 Å². The summed E-state index contributed by atoms with van der Waals surface area (Å²) in [5.41, 5.74) is -0.495. The summed E-state index contributed by atoms with van der Waals surface area (Å²) in [4.78, 5) is 33.3. The minimum atomic E-state index is -1.41. The topological polar surface area (TPSA) is 110 Å². The first-order chi connectivity index (χ1) is 10.4. The molecule has 0 saturated carbocycles.